The summed E-state index contributed by atoms with van der Waals surface area (Å²) in [6.45, 7) is 2.14. The van der Waals surface area contributed by atoms with E-state index in [4.69, 9.17) is 14.2 Å². The van der Waals surface area contributed by atoms with Crippen LogP contribution in [-0.4, -0.2) is 32.2 Å². The Bertz CT molecular complexity index is 712. The zero-order valence-corrected chi connectivity index (χ0v) is 14.3. The van der Waals surface area contributed by atoms with Crippen molar-refractivity contribution in [3.63, 3.8) is 0 Å². The average molecular weight is 343 g/mol. The molecule has 1 amide bonds. The molecule has 0 saturated heterocycles. The largest absolute Gasteiger partial charge is 0.497 e. The van der Waals surface area contributed by atoms with E-state index in [0.717, 1.165) is 11.3 Å². The second-order valence-corrected chi connectivity index (χ2v) is 5.19. The number of anilines is 1. The molecular formula is C19H21NO5. The van der Waals surface area contributed by atoms with Gasteiger partial charge in [0.25, 0.3) is 5.91 Å². The normalized spacial score (nSPS) is 10.0. The molecule has 132 valence electrons. The summed E-state index contributed by atoms with van der Waals surface area (Å²) in [4.78, 5) is 23.7. The van der Waals surface area contributed by atoms with Crippen molar-refractivity contribution in [2.45, 2.75) is 13.3 Å². The fourth-order valence-electron chi connectivity index (χ4n) is 2.14. The van der Waals surface area contributed by atoms with Crippen LogP contribution in [0.2, 0.25) is 0 Å². The lowest BCUT2D eigenvalue weighted by Gasteiger charge is -2.08. The van der Waals surface area contributed by atoms with Crippen LogP contribution in [-0.2, 0) is 20.7 Å². The van der Waals surface area contributed by atoms with Gasteiger partial charge in [0.05, 0.1) is 20.1 Å². The molecule has 25 heavy (non-hydrogen) atoms. The molecule has 0 aromatic heterocycles. The van der Waals surface area contributed by atoms with Gasteiger partial charge in [0.1, 0.15) is 11.5 Å². The van der Waals surface area contributed by atoms with E-state index in [-0.39, 0.29) is 13.0 Å². The highest BCUT2D eigenvalue weighted by molar-refractivity contribution is 5.92. The molecule has 0 bridgehead atoms. The molecule has 0 fully saturated rings. The monoisotopic (exact) mass is 343 g/mol. The number of benzene rings is 2. The molecular weight excluding hydrogens is 322 g/mol. The van der Waals surface area contributed by atoms with E-state index in [0.29, 0.717) is 18.0 Å². The van der Waals surface area contributed by atoms with E-state index in [1.54, 1.807) is 55.6 Å². The quantitative estimate of drug-likeness (QED) is 0.746. The number of nitrogens with one attached hydrogen (secondary N) is 1. The summed E-state index contributed by atoms with van der Waals surface area (Å²) in [5, 5.41) is 2.66. The number of amides is 1. The Labute approximate surface area is 146 Å². The van der Waals surface area contributed by atoms with Crippen LogP contribution in [0, 0.1) is 0 Å². The summed E-state index contributed by atoms with van der Waals surface area (Å²) >= 11 is 0. The minimum atomic E-state index is -0.477. The van der Waals surface area contributed by atoms with Gasteiger partial charge in [-0.1, -0.05) is 12.1 Å². The first-order valence-electron chi connectivity index (χ1n) is 7.92. The van der Waals surface area contributed by atoms with Gasteiger partial charge in [0.15, 0.2) is 6.61 Å². The number of rotatable bonds is 8. The highest BCUT2D eigenvalue weighted by atomic mass is 16.5. The maximum absolute atomic E-state index is 11.8. The average Bonchev–Trinajstić information content (AvgIpc) is 2.62. The fraction of sp³-hybridized carbons (Fsp3) is 0.263. The molecule has 0 aliphatic rings. The van der Waals surface area contributed by atoms with Gasteiger partial charge >= 0.3 is 5.97 Å². The first kappa shape index (κ1) is 18.3. The zero-order valence-electron chi connectivity index (χ0n) is 14.3. The molecule has 0 aliphatic heterocycles. The highest BCUT2D eigenvalue weighted by Gasteiger charge is 2.09. The van der Waals surface area contributed by atoms with Gasteiger partial charge in [-0.15, -0.1) is 0 Å². The number of ether oxygens (including phenoxy) is 3. The van der Waals surface area contributed by atoms with Crippen LogP contribution >= 0.6 is 0 Å². The number of hydrogen-bond acceptors (Lipinski definition) is 5. The SMILES string of the molecule is CCOc1ccc(NC(=O)COC(=O)Cc2cccc(OC)c2)cc1. The third-order valence-electron chi connectivity index (χ3n) is 3.30. The Balaban J connectivity index is 1.77. The Hall–Kier alpha value is -3.02. The number of carbonyl (C=O) groups excluding carboxylic acids is 2. The maximum atomic E-state index is 11.8. The molecule has 2 aromatic rings. The lowest BCUT2D eigenvalue weighted by molar-refractivity contribution is -0.146. The van der Waals surface area contributed by atoms with Crippen molar-refractivity contribution in [1.82, 2.24) is 0 Å². The van der Waals surface area contributed by atoms with E-state index >= 15 is 0 Å². The molecule has 0 aliphatic carbocycles. The molecule has 0 heterocycles. The van der Waals surface area contributed by atoms with Crippen LogP contribution < -0.4 is 14.8 Å². The molecule has 2 rings (SSSR count). The molecule has 6 heteroatoms. The fourth-order valence-corrected chi connectivity index (χ4v) is 2.14. The summed E-state index contributed by atoms with van der Waals surface area (Å²) in [6.07, 6.45) is 0.0769. The lowest BCUT2D eigenvalue weighted by atomic mass is 10.1. The van der Waals surface area contributed by atoms with Crippen molar-refractivity contribution < 1.29 is 23.8 Å². The van der Waals surface area contributed by atoms with E-state index in [2.05, 4.69) is 5.32 Å². The van der Waals surface area contributed by atoms with E-state index < -0.39 is 11.9 Å². The third-order valence-corrected chi connectivity index (χ3v) is 3.30. The molecule has 2 aromatic carbocycles. The van der Waals surface area contributed by atoms with Crippen molar-refractivity contribution in [1.29, 1.82) is 0 Å². The summed E-state index contributed by atoms with van der Waals surface area (Å²) in [6, 6.07) is 14.1. The van der Waals surface area contributed by atoms with Gasteiger partial charge in [-0.2, -0.15) is 0 Å². The minimum absolute atomic E-state index is 0.0769. The van der Waals surface area contributed by atoms with Gasteiger partial charge in [0, 0.05) is 5.69 Å². The van der Waals surface area contributed by atoms with Crippen molar-refractivity contribution in [3.05, 3.63) is 54.1 Å². The summed E-state index contributed by atoms with van der Waals surface area (Å²) in [7, 11) is 1.56. The second-order valence-electron chi connectivity index (χ2n) is 5.19. The van der Waals surface area contributed by atoms with Crippen LogP contribution in [0.15, 0.2) is 48.5 Å². The van der Waals surface area contributed by atoms with Gasteiger partial charge in [0.2, 0.25) is 0 Å². The smallest absolute Gasteiger partial charge is 0.310 e. The summed E-state index contributed by atoms with van der Waals surface area (Å²) in [5.74, 6) is 0.516. The Morgan fingerprint density at radius 1 is 1.04 bits per heavy atom. The second kappa shape index (κ2) is 9.32. The van der Waals surface area contributed by atoms with Crippen LogP contribution in [0.25, 0.3) is 0 Å². The topological polar surface area (TPSA) is 73.9 Å². The zero-order chi connectivity index (χ0) is 18.1. The lowest BCUT2D eigenvalue weighted by Crippen LogP contribution is -2.21. The van der Waals surface area contributed by atoms with Gasteiger partial charge < -0.3 is 19.5 Å². The van der Waals surface area contributed by atoms with Crippen LogP contribution in [0.4, 0.5) is 5.69 Å². The third kappa shape index (κ3) is 6.18. The molecule has 0 atom stereocenters. The number of esters is 1. The van der Waals surface area contributed by atoms with Crippen molar-refractivity contribution in [2.75, 3.05) is 25.6 Å². The molecule has 6 nitrogen and oxygen atoms in total. The summed E-state index contributed by atoms with van der Waals surface area (Å²) in [5.41, 5.74) is 1.37. The summed E-state index contributed by atoms with van der Waals surface area (Å²) < 4.78 is 15.4. The van der Waals surface area contributed by atoms with Gasteiger partial charge in [-0.3, -0.25) is 9.59 Å². The predicted octanol–water partition coefficient (Wildman–Crippen LogP) is 2.82. The van der Waals surface area contributed by atoms with Crippen LogP contribution in [0.5, 0.6) is 11.5 Å². The van der Waals surface area contributed by atoms with Gasteiger partial charge in [-0.05, 0) is 48.9 Å². The molecule has 0 spiro atoms. The predicted molar refractivity (Wildman–Crippen MR) is 93.9 cm³/mol. The molecule has 0 unspecified atom stereocenters. The first-order valence-corrected chi connectivity index (χ1v) is 7.92. The molecule has 0 radical (unpaired) electrons. The van der Waals surface area contributed by atoms with Crippen molar-refractivity contribution in [2.24, 2.45) is 0 Å². The Morgan fingerprint density at radius 2 is 1.80 bits per heavy atom. The minimum Gasteiger partial charge on any atom is -0.497 e. The van der Waals surface area contributed by atoms with Crippen molar-refractivity contribution >= 4 is 17.6 Å². The highest BCUT2D eigenvalue weighted by Crippen LogP contribution is 2.16. The van der Waals surface area contributed by atoms with E-state index in [9.17, 15) is 9.59 Å². The number of hydrogen-bond donors (Lipinski definition) is 1. The maximum Gasteiger partial charge on any atom is 0.310 e. The van der Waals surface area contributed by atoms with Crippen LogP contribution in [0.3, 0.4) is 0 Å². The first-order chi connectivity index (χ1) is 12.1. The van der Waals surface area contributed by atoms with Crippen molar-refractivity contribution in [3.8, 4) is 11.5 Å². The number of methoxy groups -OCH3 is 1. The van der Waals surface area contributed by atoms with Crippen LogP contribution in [0.1, 0.15) is 12.5 Å². The Morgan fingerprint density at radius 3 is 2.48 bits per heavy atom. The Kier molecular flexibility index (Phi) is 6.83. The standard InChI is InChI=1S/C19H21NO5/c1-3-24-16-9-7-15(8-10-16)20-18(21)13-25-19(22)12-14-5-4-6-17(11-14)23-2/h4-11H,3,12-13H2,1-2H3,(H,20,21). The van der Waals surface area contributed by atoms with E-state index in [1.165, 1.54) is 0 Å². The van der Waals surface area contributed by atoms with Gasteiger partial charge in [-0.25, -0.2) is 0 Å². The molecule has 0 saturated carbocycles. The van der Waals surface area contributed by atoms with E-state index in [1.807, 2.05) is 6.92 Å². The number of carbonyl (C=O) groups is 2. The molecule has 1 N–H and O–H groups in total.